The van der Waals surface area contributed by atoms with Crippen LogP contribution in [0.2, 0.25) is 0 Å². The highest BCUT2D eigenvalue weighted by molar-refractivity contribution is 5.64. The third-order valence-corrected chi connectivity index (χ3v) is 2.05. The number of hydrogen-bond acceptors (Lipinski definition) is 3. The van der Waals surface area contributed by atoms with Gasteiger partial charge in [0.25, 0.3) is 0 Å². The van der Waals surface area contributed by atoms with Gasteiger partial charge < -0.3 is 14.8 Å². The molecule has 0 aliphatic rings. The SMILES string of the molecule is O=C(O)NCc1cccc(-c2ncco2)c1. The molecule has 0 unspecified atom stereocenters. The molecule has 16 heavy (non-hydrogen) atoms. The largest absolute Gasteiger partial charge is 0.465 e. The van der Waals surface area contributed by atoms with E-state index in [1.807, 2.05) is 24.3 Å². The van der Waals surface area contributed by atoms with E-state index in [2.05, 4.69) is 10.3 Å². The van der Waals surface area contributed by atoms with Crippen LogP contribution in [0.5, 0.6) is 0 Å². The molecule has 2 N–H and O–H groups in total. The van der Waals surface area contributed by atoms with Crippen LogP contribution in [0.1, 0.15) is 5.56 Å². The number of oxazole rings is 1. The molecule has 0 saturated heterocycles. The topological polar surface area (TPSA) is 75.4 Å². The fraction of sp³-hybridized carbons (Fsp3) is 0.0909. The van der Waals surface area contributed by atoms with Crippen molar-refractivity contribution in [2.45, 2.75) is 6.54 Å². The number of benzene rings is 1. The lowest BCUT2D eigenvalue weighted by molar-refractivity contribution is 0.194. The van der Waals surface area contributed by atoms with Crippen LogP contribution in [0.15, 0.2) is 41.1 Å². The van der Waals surface area contributed by atoms with Gasteiger partial charge in [0.2, 0.25) is 5.89 Å². The van der Waals surface area contributed by atoms with E-state index in [1.165, 1.54) is 6.26 Å². The molecule has 82 valence electrons. The van der Waals surface area contributed by atoms with Gasteiger partial charge in [-0.15, -0.1) is 0 Å². The third-order valence-electron chi connectivity index (χ3n) is 2.05. The molecule has 0 atom stereocenters. The smallest absolute Gasteiger partial charge is 0.404 e. The molecule has 5 heteroatoms. The van der Waals surface area contributed by atoms with E-state index in [1.54, 1.807) is 6.20 Å². The Hall–Kier alpha value is -2.30. The molecule has 2 aromatic rings. The molecule has 0 fully saturated rings. The minimum Gasteiger partial charge on any atom is -0.465 e. The van der Waals surface area contributed by atoms with Crippen molar-refractivity contribution in [3.63, 3.8) is 0 Å². The summed E-state index contributed by atoms with van der Waals surface area (Å²) in [6.45, 7) is 0.268. The van der Waals surface area contributed by atoms with E-state index in [-0.39, 0.29) is 6.54 Å². The second kappa shape index (κ2) is 4.48. The van der Waals surface area contributed by atoms with E-state index in [0.29, 0.717) is 5.89 Å². The first-order chi connectivity index (χ1) is 7.75. The van der Waals surface area contributed by atoms with E-state index in [0.717, 1.165) is 11.1 Å². The summed E-state index contributed by atoms with van der Waals surface area (Å²) in [5.41, 5.74) is 1.69. The maximum atomic E-state index is 10.3. The lowest BCUT2D eigenvalue weighted by atomic mass is 10.1. The minimum absolute atomic E-state index is 0.268. The van der Waals surface area contributed by atoms with Gasteiger partial charge in [0.05, 0.1) is 6.20 Å². The number of rotatable bonds is 3. The molecular weight excluding hydrogens is 208 g/mol. The lowest BCUT2D eigenvalue weighted by Crippen LogP contribution is -2.19. The fourth-order valence-electron chi connectivity index (χ4n) is 1.36. The molecule has 5 nitrogen and oxygen atoms in total. The number of carboxylic acid groups (broad SMARTS) is 1. The van der Waals surface area contributed by atoms with Gasteiger partial charge in [-0.05, 0) is 17.7 Å². The monoisotopic (exact) mass is 218 g/mol. The van der Waals surface area contributed by atoms with Crippen LogP contribution >= 0.6 is 0 Å². The lowest BCUT2D eigenvalue weighted by Gasteiger charge is -2.02. The predicted molar refractivity (Wildman–Crippen MR) is 56.8 cm³/mol. The number of amides is 1. The van der Waals surface area contributed by atoms with E-state index < -0.39 is 6.09 Å². The van der Waals surface area contributed by atoms with Gasteiger partial charge >= 0.3 is 6.09 Å². The van der Waals surface area contributed by atoms with Crippen LogP contribution in [-0.4, -0.2) is 16.2 Å². The Morgan fingerprint density at radius 2 is 2.38 bits per heavy atom. The average Bonchev–Trinajstić information content (AvgIpc) is 2.80. The maximum absolute atomic E-state index is 10.3. The zero-order chi connectivity index (χ0) is 11.4. The van der Waals surface area contributed by atoms with Crippen molar-refractivity contribution < 1.29 is 14.3 Å². The fourth-order valence-corrected chi connectivity index (χ4v) is 1.36. The molecule has 0 spiro atoms. The van der Waals surface area contributed by atoms with Gasteiger partial charge in [-0.3, -0.25) is 0 Å². The number of carbonyl (C=O) groups is 1. The number of hydrogen-bond donors (Lipinski definition) is 2. The predicted octanol–water partition coefficient (Wildman–Crippen LogP) is 2.11. The highest BCUT2D eigenvalue weighted by atomic mass is 16.4. The number of aromatic nitrogens is 1. The van der Waals surface area contributed by atoms with Crippen molar-refractivity contribution in [3.05, 3.63) is 42.3 Å². The zero-order valence-electron chi connectivity index (χ0n) is 8.38. The molecule has 1 heterocycles. The molecule has 2 rings (SSSR count). The molecule has 0 bridgehead atoms. The third kappa shape index (κ3) is 2.38. The Kier molecular flexibility index (Phi) is 2.86. The van der Waals surface area contributed by atoms with Crippen LogP contribution in [0.3, 0.4) is 0 Å². The summed E-state index contributed by atoms with van der Waals surface area (Å²) in [7, 11) is 0. The van der Waals surface area contributed by atoms with Crippen molar-refractivity contribution in [2.24, 2.45) is 0 Å². The van der Waals surface area contributed by atoms with Crippen molar-refractivity contribution >= 4 is 6.09 Å². The molecule has 0 aliphatic carbocycles. The Morgan fingerprint density at radius 3 is 3.06 bits per heavy atom. The minimum atomic E-state index is -1.04. The van der Waals surface area contributed by atoms with Crippen molar-refractivity contribution in [1.82, 2.24) is 10.3 Å². The number of nitrogens with one attached hydrogen (secondary N) is 1. The molecular formula is C11H10N2O3. The van der Waals surface area contributed by atoms with Gasteiger partial charge in [0.15, 0.2) is 0 Å². The van der Waals surface area contributed by atoms with Gasteiger partial charge in [0.1, 0.15) is 6.26 Å². The normalized spacial score (nSPS) is 10.0. The van der Waals surface area contributed by atoms with E-state index >= 15 is 0 Å². The Balaban J connectivity index is 2.17. The quantitative estimate of drug-likeness (QED) is 0.827. The highest BCUT2D eigenvalue weighted by Gasteiger charge is 2.03. The molecule has 0 saturated carbocycles. The van der Waals surface area contributed by atoms with Gasteiger partial charge in [-0.1, -0.05) is 12.1 Å². The summed E-state index contributed by atoms with van der Waals surface area (Å²) in [6.07, 6.45) is 2.02. The summed E-state index contributed by atoms with van der Waals surface area (Å²) >= 11 is 0. The van der Waals surface area contributed by atoms with Crippen LogP contribution in [0, 0.1) is 0 Å². The second-order valence-corrected chi connectivity index (χ2v) is 3.20. The average molecular weight is 218 g/mol. The van der Waals surface area contributed by atoms with Gasteiger partial charge in [-0.25, -0.2) is 9.78 Å². The van der Waals surface area contributed by atoms with Crippen LogP contribution in [0.4, 0.5) is 4.79 Å². The van der Waals surface area contributed by atoms with Crippen LogP contribution < -0.4 is 5.32 Å². The van der Waals surface area contributed by atoms with Gasteiger partial charge in [0, 0.05) is 12.1 Å². The first-order valence-corrected chi connectivity index (χ1v) is 4.71. The standard InChI is InChI=1S/C11H10N2O3/c14-11(15)13-7-8-2-1-3-9(6-8)10-12-4-5-16-10/h1-6,13H,7H2,(H,14,15). The summed E-state index contributed by atoms with van der Waals surface area (Å²) in [4.78, 5) is 14.4. The van der Waals surface area contributed by atoms with Crippen molar-refractivity contribution in [3.8, 4) is 11.5 Å². The molecule has 1 amide bonds. The number of nitrogens with zero attached hydrogens (tertiary/aromatic N) is 1. The van der Waals surface area contributed by atoms with Crippen LogP contribution in [-0.2, 0) is 6.54 Å². The summed E-state index contributed by atoms with van der Waals surface area (Å²) in [5, 5.41) is 10.8. The van der Waals surface area contributed by atoms with Gasteiger partial charge in [-0.2, -0.15) is 0 Å². The maximum Gasteiger partial charge on any atom is 0.404 e. The Morgan fingerprint density at radius 1 is 1.50 bits per heavy atom. The molecule has 0 aliphatic heterocycles. The summed E-state index contributed by atoms with van der Waals surface area (Å²) < 4.78 is 5.15. The van der Waals surface area contributed by atoms with Crippen molar-refractivity contribution in [1.29, 1.82) is 0 Å². The van der Waals surface area contributed by atoms with Crippen molar-refractivity contribution in [2.75, 3.05) is 0 Å². The van der Waals surface area contributed by atoms with E-state index in [9.17, 15) is 4.79 Å². The van der Waals surface area contributed by atoms with E-state index in [4.69, 9.17) is 9.52 Å². The zero-order valence-corrected chi connectivity index (χ0v) is 8.38. The highest BCUT2D eigenvalue weighted by Crippen LogP contribution is 2.17. The summed E-state index contributed by atoms with van der Waals surface area (Å²) in [5.74, 6) is 0.525. The first-order valence-electron chi connectivity index (χ1n) is 4.71. The Bertz CT molecular complexity index is 480. The molecule has 0 radical (unpaired) electrons. The second-order valence-electron chi connectivity index (χ2n) is 3.20. The van der Waals surface area contributed by atoms with Crippen LogP contribution in [0.25, 0.3) is 11.5 Å². The molecule has 1 aromatic carbocycles. The Labute approximate surface area is 91.7 Å². The summed E-state index contributed by atoms with van der Waals surface area (Å²) in [6, 6.07) is 7.36. The molecule has 1 aromatic heterocycles. The first kappa shape index (κ1) is 10.2.